The topological polar surface area (TPSA) is 70.2 Å². The molecule has 0 fully saturated rings. The number of para-hydroxylation sites is 1. The van der Waals surface area contributed by atoms with Gasteiger partial charge in [-0.3, -0.25) is 9.59 Å². The largest absolute Gasteiger partial charge is 0.384 e. The molecule has 1 aromatic carbocycles. The van der Waals surface area contributed by atoms with Crippen molar-refractivity contribution in [3.63, 3.8) is 0 Å². The van der Waals surface area contributed by atoms with Crippen LogP contribution in [-0.2, 0) is 9.59 Å². The molecule has 1 aliphatic rings. The van der Waals surface area contributed by atoms with Gasteiger partial charge in [0.1, 0.15) is 0 Å². The normalized spacial score (nSPS) is 16.8. The summed E-state index contributed by atoms with van der Waals surface area (Å²) in [7, 11) is 0. The average molecular weight is 289 g/mol. The van der Waals surface area contributed by atoms with Crippen LogP contribution >= 0.6 is 0 Å². The van der Waals surface area contributed by atoms with Crippen LogP contribution in [0.1, 0.15) is 38.7 Å². The van der Waals surface area contributed by atoms with Gasteiger partial charge in [-0.25, -0.2) is 0 Å². The highest BCUT2D eigenvalue weighted by molar-refractivity contribution is 5.88. The van der Waals surface area contributed by atoms with E-state index < -0.39 is 0 Å². The zero-order chi connectivity index (χ0) is 15.5. The van der Waals surface area contributed by atoms with Gasteiger partial charge >= 0.3 is 0 Å². The van der Waals surface area contributed by atoms with E-state index in [1.54, 1.807) is 0 Å². The van der Waals surface area contributed by atoms with Crippen molar-refractivity contribution in [3.8, 4) is 0 Å². The van der Waals surface area contributed by atoms with Crippen molar-refractivity contribution in [1.82, 2.24) is 10.6 Å². The first-order chi connectivity index (χ1) is 9.87. The highest BCUT2D eigenvalue weighted by Gasteiger charge is 2.27. The van der Waals surface area contributed by atoms with Crippen LogP contribution in [0.2, 0.25) is 0 Å². The predicted octanol–water partition coefficient (Wildman–Crippen LogP) is 1.62. The van der Waals surface area contributed by atoms with Crippen LogP contribution in [0, 0.1) is 0 Å². The molecule has 2 amide bonds. The van der Waals surface area contributed by atoms with Crippen molar-refractivity contribution in [1.29, 1.82) is 0 Å². The number of benzene rings is 1. The molecule has 0 spiro atoms. The summed E-state index contributed by atoms with van der Waals surface area (Å²) in [5.74, 6) is -0.254. The van der Waals surface area contributed by atoms with E-state index in [2.05, 4.69) is 16.0 Å². The molecular formula is C16H23N3O2. The number of hydrogen-bond donors (Lipinski definition) is 3. The zero-order valence-corrected chi connectivity index (χ0v) is 12.8. The molecule has 114 valence electrons. The number of rotatable bonds is 4. The van der Waals surface area contributed by atoms with Crippen molar-refractivity contribution in [3.05, 3.63) is 29.8 Å². The second kappa shape index (κ2) is 6.16. The third-order valence-corrected chi connectivity index (χ3v) is 3.32. The minimum atomic E-state index is -0.241. The van der Waals surface area contributed by atoms with Gasteiger partial charge in [-0.05, 0) is 32.4 Å². The van der Waals surface area contributed by atoms with Gasteiger partial charge in [0.15, 0.2) is 0 Å². The fourth-order valence-corrected chi connectivity index (χ4v) is 2.42. The highest BCUT2D eigenvalue weighted by Crippen LogP contribution is 2.30. The van der Waals surface area contributed by atoms with Gasteiger partial charge in [-0.1, -0.05) is 18.2 Å². The molecule has 3 N–H and O–H groups in total. The Morgan fingerprint density at radius 3 is 2.71 bits per heavy atom. The van der Waals surface area contributed by atoms with E-state index >= 15 is 0 Å². The minimum absolute atomic E-state index is 0.0315. The number of fused-ring (bicyclic) bond motifs is 1. The SMILES string of the molecule is CC(C)(C)NC(=O)CCNC(=O)C1CNc2ccccc21. The maximum absolute atomic E-state index is 12.2. The van der Waals surface area contributed by atoms with Gasteiger partial charge in [0.2, 0.25) is 11.8 Å². The number of carbonyl (C=O) groups is 2. The Labute approximate surface area is 125 Å². The summed E-state index contributed by atoms with van der Waals surface area (Å²) in [6.45, 7) is 6.78. The molecule has 0 saturated heterocycles. The van der Waals surface area contributed by atoms with E-state index in [0.717, 1.165) is 11.3 Å². The molecule has 0 radical (unpaired) electrons. The lowest BCUT2D eigenvalue weighted by Crippen LogP contribution is -2.42. The van der Waals surface area contributed by atoms with Crippen LogP contribution in [0.5, 0.6) is 0 Å². The van der Waals surface area contributed by atoms with Gasteiger partial charge in [-0.15, -0.1) is 0 Å². The van der Waals surface area contributed by atoms with Gasteiger partial charge in [0, 0.05) is 30.7 Å². The molecule has 21 heavy (non-hydrogen) atoms. The molecule has 5 nitrogen and oxygen atoms in total. The van der Waals surface area contributed by atoms with E-state index in [1.807, 2.05) is 45.0 Å². The summed E-state index contributed by atoms with van der Waals surface area (Å²) in [6, 6.07) is 7.82. The van der Waals surface area contributed by atoms with Gasteiger partial charge < -0.3 is 16.0 Å². The molecule has 0 saturated carbocycles. The third-order valence-electron chi connectivity index (χ3n) is 3.32. The Morgan fingerprint density at radius 2 is 2.00 bits per heavy atom. The molecule has 0 aliphatic carbocycles. The number of anilines is 1. The fourth-order valence-electron chi connectivity index (χ4n) is 2.42. The summed E-state index contributed by atoms with van der Waals surface area (Å²) in [5.41, 5.74) is 1.80. The number of hydrogen-bond acceptors (Lipinski definition) is 3. The maximum atomic E-state index is 12.2. The monoisotopic (exact) mass is 289 g/mol. The predicted molar refractivity (Wildman–Crippen MR) is 83.2 cm³/mol. The Kier molecular flexibility index (Phi) is 4.50. The van der Waals surface area contributed by atoms with Crippen LogP contribution in [-0.4, -0.2) is 30.4 Å². The van der Waals surface area contributed by atoms with Crippen molar-refractivity contribution in [2.45, 2.75) is 38.6 Å². The lowest BCUT2D eigenvalue weighted by atomic mass is 10.0. The number of carbonyl (C=O) groups excluding carboxylic acids is 2. The van der Waals surface area contributed by atoms with Crippen molar-refractivity contribution >= 4 is 17.5 Å². The van der Waals surface area contributed by atoms with E-state index in [4.69, 9.17) is 0 Å². The summed E-state index contributed by atoms with van der Waals surface area (Å²) in [5, 5.41) is 8.94. The molecule has 1 atom stereocenters. The summed E-state index contributed by atoms with van der Waals surface area (Å²) < 4.78 is 0. The Morgan fingerprint density at radius 1 is 1.29 bits per heavy atom. The first-order valence-electron chi connectivity index (χ1n) is 7.28. The Hall–Kier alpha value is -2.04. The van der Waals surface area contributed by atoms with Crippen LogP contribution in [0.25, 0.3) is 0 Å². The van der Waals surface area contributed by atoms with Crippen LogP contribution in [0.15, 0.2) is 24.3 Å². The van der Waals surface area contributed by atoms with E-state index in [9.17, 15) is 9.59 Å². The van der Waals surface area contributed by atoms with E-state index in [0.29, 0.717) is 19.5 Å². The highest BCUT2D eigenvalue weighted by atomic mass is 16.2. The first-order valence-corrected chi connectivity index (χ1v) is 7.28. The summed E-state index contributed by atoms with van der Waals surface area (Å²) in [6.07, 6.45) is 0.296. The second-order valence-electron chi connectivity index (χ2n) is 6.36. The van der Waals surface area contributed by atoms with Crippen molar-refractivity contribution in [2.75, 3.05) is 18.4 Å². The van der Waals surface area contributed by atoms with Gasteiger partial charge in [0.25, 0.3) is 0 Å². The molecular weight excluding hydrogens is 266 g/mol. The molecule has 1 unspecified atom stereocenters. The van der Waals surface area contributed by atoms with Gasteiger partial charge in [-0.2, -0.15) is 0 Å². The Bertz CT molecular complexity index is 535. The van der Waals surface area contributed by atoms with Crippen LogP contribution in [0.4, 0.5) is 5.69 Å². The number of amides is 2. The summed E-state index contributed by atoms with van der Waals surface area (Å²) >= 11 is 0. The van der Waals surface area contributed by atoms with Gasteiger partial charge in [0.05, 0.1) is 5.92 Å². The molecule has 0 aromatic heterocycles. The molecule has 0 bridgehead atoms. The molecule has 5 heteroatoms. The molecule has 1 aromatic rings. The quantitative estimate of drug-likeness (QED) is 0.789. The van der Waals surface area contributed by atoms with Crippen molar-refractivity contribution in [2.24, 2.45) is 0 Å². The minimum Gasteiger partial charge on any atom is -0.384 e. The zero-order valence-electron chi connectivity index (χ0n) is 12.8. The van der Waals surface area contributed by atoms with Crippen LogP contribution < -0.4 is 16.0 Å². The maximum Gasteiger partial charge on any atom is 0.229 e. The fraction of sp³-hybridized carbons (Fsp3) is 0.500. The molecule has 2 rings (SSSR count). The number of nitrogens with one attached hydrogen (secondary N) is 3. The first kappa shape index (κ1) is 15.4. The summed E-state index contributed by atoms with van der Waals surface area (Å²) in [4.78, 5) is 23.9. The lowest BCUT2D eigenvalue weighted by molar-refractivity contribution is -0.123. The lowest BCUT2D eigenvalue weighted by Gasteiger charge is -2.20. The van der Waals surface area contributed by atoms with E-state index in [1.165, 1.54) is 0 Å². The van der Waals surface area contributed by atoms with Crippen LogP contribution in [0.3, 0.4) is 0 Å². The van der Waals surface area contributed by atoms with Crippen molar-refractivity contribution < 1.29 is 9.59 Å². The smallest absolute Gasteiger partial charge is 0.229 e. The third kappa shape index (κ3) is 4.21. The molecule has 1 aliphatic heterocycles. The average Bonchev–Trinajstić information content (AvgIpc) is 2.80. The van der Waals surface area contributed by atoms with E-state index in [-0.39, 0.29) is 23.3 Å². The Balaban J connectivity index is 1.80. The standard InChI is InChI=1S/C16H23N3O2/c1-16(2,3)19-14(20)8-9-17-15(21)12-10-18-13-7-5-4-6-11(12)13/h4-7,12,18H,8-10H2,1-3H3,(H,17,21)(H,19,20). The second-order valence-corrected chi connectivity index (χ2v) is 6.36. The molecule has 1 heterocycles.